The topological polar surface area (TPSA) is 90.0 Å². The molecular formula is C24H31N3O5. The Hall–Kier alpha value is -3.13. The predicted molar refractivity (Wildman–Crippen MR) is 119 cm³/mol. The maximum atomic E-state index is 12.6. The summed E-state index contributed by atoms with van der Waals surface area (Å²) in [6, 6.07) is 10.8. The van der Waals surface area contributed by atoms with Crippen molar-refractivity contribution in [3.63, 3.8) is 0 Å². The first-order valence-corrected chi connectivity index (χ1v) is 11.1. The Kier molecular flexibility index (Phi) is 9.31. The number of benzene rings is 1. The van der Waals surface area contributed by atoms with Gasteiger partial charge in [0.05, 0.1) is 13.2 Å². The van der Waals surface area contributed by atoms with Crippen molar-refractivity contribution in [2.45, 2.75) is 38.8 Å². The predicted octanol–water partition coefficient (Wildman–Crippen LogP) is 2.57. The van der Waals surface area contributed by atoms with Gasteiger partial charge in [0, 0.05) is 18.9 Å². The van der Waals surface area contributed by atoms with Crippen LogP contribution in [-0.2, 0) is 20.9 Å². The van der Waals surface area contributed by atoms with E-state index in [1.54, 1.807) is 12.4 Å². The molecule has 1 aromatic heterocycles. The fourth-order valence-electron chi connectivity index (χ4n) is 3.62. The van der Waals surface area contributed by atoms with Crippen LogP contribution in [-0.4, -0.2) is 60.7 Å². The molecule has 1 amide bonds. The minimum Gasteiger partial charge on any atom is -0.494 e. The van der Waals surface area contributed by atoms with Crippen molar-refractivity contribution in [2.75, 3.05) is 32.9 Å². The molecule has 1 aliphatic heterocycles. The zero-order valence-corrected chi connectivity index (χ0v) is 18.5. The Bertz CT molecular complexity index is 844. The van der Waals surface area contributed by atoms with Gasteiger partial charge in [-0.1, -0.05) is 12.5 Å². The molecule has 8 heteroatoms. The summed E-state index contributed by atoms with van der Waals surface area (Å²) in [7, 11) is 0. The van der Waals surface area contributed by atoms with Crippen LogP contribution in [0.25, 0.3) is 0 Å². The van der Waals surface area contributed by atoms with E-state index in [1.165, 1.54) is 0 Å². The number of aromatic nitrogens is 1. The highest BCUT2D eigenvalue weighted by Gasteiger charge is 2.30. The molecule has 1 unspecified atom stereocenters. The third kappa shape index (κ3) is 7.53. The van der Waals surface area contributed by atoms with Gasteiger partial charge in [-0.05, 0) is 62.2 Å². The van der Waals surface area contributed by atoms with Crippen LogP contribution in [0.15, 0.2) is 48.8 Å². The van der Waals surface area contributed by atoms with E-state index in [9.17, 15) is 9.59 Å². The summed E-state index contributed by atoms with van der Waals surface area (Å²) >= 11 is 0. The minimum atomic E-state index is -0.352. The molecule has 1 aliphatic rings. The summed E-state index contributed by atoms with van der Waals surface area (Å²) in [6.45, 7) is 4.35. The summed E-state index contributed by atoms with van der Waals surface area (Å²) < 4.78 is 16.3. The molecule has 2 heterocycles. The van der Waals surface area contributed by atoms with E-state index in [1.807, 2.05) is 43.3 Å². The monoisotopic (exact) mass is 441 g/mol. The van der Waals surface area contributed by atoms with E-state index >= 15 is 0 Å². The number of ether oxygens (including phenoxy) is 3. The number of carbonyl (C=O) groups is 2. The van der Waals surface area contributed by atoms with Crippen LogP contribution in [0.2, 0.25) is 0 Å². The fourth-order valence-corrected chi connectivity index (χ4v) is 3.62. The molecular weight excluding hydrogens is 410 g/mol. The van der Waals surface area contributed by atoms with Gasteiger partial charge in [0.25, 0.3) is 5.91 Å². The highest BCUT2D eigenvalue weighted by Crippen LogP contribution is 2.20. The largest absolute Gasteiger partial charge is 0.494 e. The first kappa shape index (κ1) is 23.5. The number of piperidine rings is 1. The number of hydrogen-bond acceptors (Lipinski definition) is 7. The molecule has 1 aromatic carbocycles. The number of carbonyl (C=O) groups excluding carboxylic acids is 2. The third-order valence-electron chi connectivity index (χ3n) is 5.17. The van der Waals surface area contributed by atoms with Gasteiger partial charge in [0.2, 0.25) is 0 Å². The van der Waals surface area contributed by atoms with Gasteiger partial charge in [-0.2, -0.15) is 0 Å². The Morgan fingerprint density at radius 1 is 1.12 bits per heavy atom. The number of nitrogens with zero attached hydrogens (tertiary/aromatic N) is 2. The zero-order chi connectivity index (χ0) is 22.6. The smallest absolute Gasteiger partial charge is 0.323 e. The summed E-state index contributed by atoms with van der Waals surface area (Å²) in [5, 5.41) is 2.71. The van der Waals surface area contributed by atoms with Crippen molar-refractivity contribution < 1.29 is 23.8 Å². The van der Waals surface area contributed by atoms with Gasteiger partial charge in [-0.15, -0.1) is 0 Å². The standard InChI is InChI=1S/C24H31N3O5/c1-2-30-20-8-10-21(11-9-20)31-15-13-26-23(28)18-32-24(29)22-7-3-4-14-27(22)17-19-6-5-12-25-16-19/h5-6,8-12,16,22H,2-4,7,13-15,17-18H2,1H3,(H,26,28). The Balaban J connectivity index is 1.35. The molecule has 0 saturated carbocycles. The molecule has 172 valence electrons. The van der Waals surface area contributed by atoms with Gasteiger partial charge in [0.15, 0.2) is 6.61 Å². The highest BCUT2D eigenvalue weighted by atomic mass is 16.5. The molecule has 0 radical (unpaired) electrons. The lowest BCUT2D eigenvalue weighted by Gasteiger charge is -2.33. The molecule has 0 aliphatic carbocycles. The lowest BCUT2D eigenvalue weighted by molar-refractivity contribution is -0.155. The van der Waals surface area contributed by atoms with Crippen LogP contribution in [0.1, 0.15) is 31.7 Å². The summed E-state index contributed by atoms with van der Waals surface area (Å²) in [4.78, 5) is 30.9. The van der Waals surface area contributed by atoms with E-state index in [0.717, 1.165) is 37.1 Å². The summed E-state index contributed by atoms with van der Waals surface area (Å²) in [5.74, 6) is 0.782. The molecule has 1 N–H and O–H groups in total. The SMILES string of the molecule is CCOc1ccc(OCCNC(=O)COC(=O)C2CCCCN2Cc2cccnc2)cc1. The van der Waals surface area contributed by atoms with Gasteiger partial charge in [-0.25, -0.2) is 0 Å². The molecule has 1 fully saturated rings. The molecule has 1 atom stereocenters. The average molecular weight is 442 g/mol. The number of amides is 1. The first-order valence-electron chi connectivity index (χ1n) is 11.1. The van der Waals surface area contributed by atoms with Crippen LogP contribution in [0, 0.1) is 0 Å². The van der Waals surface area contributed by atoms with Gasteiger partial charge in [-0.3, -0.25) is 19.5 Å². The maximum absolute atomic E-state index is 12.6. The van der Waals surface area contributed by atoms with E-state index in [2.05, 4.69) is 15.2 Å². The average Bonchev–Trinajstić information content (AvgIpc) is 2.82. The van der Waals surface area contributed by atoms with Crippen molar-refractivity contribution in [3.8, 4) is 11.5 Å². The van der Waals surface area contributed by atoms with Crippen LogP contribution in [0.4, 0.5) is 0 Å². The quantitative estimate of drug-likeness (QED) is 0.423. The van der Waals surface area contributed by atoms with E-state index < -0.39 is 0 Å². The fraction of sp³-hybridized carbons (Fsp3) is 0.458. The second kappa shape index (κ2) is 12.7. The van der Waals surface area contributed by atoms with Crippen molar-refractivity contribution in [1.82, 2.24) is 15.2 Å². The molecule has 2 aromatic rings. The number of nitrogens with one attached hydrogen (secondary N) is 1. The van der Waals surface area contributed by atoms with Crippen molar-refractivity contribution in [2.24, 2.45) is 0 Å². The lowest BCUT2D eigenvalue weighted by atomic mass is 10.0. The van der Waals surface area contributed by atoms with Crippen LogP contribution < -0.4 is 14.8 Å². The van der Waals surface area contributed by atoms with Gasteiger partial charge in [0.1, 0.15) is 24.1 Å². The van der Waals surface area contributed by atoms with E-state index in [0.29, 0.717) is 32.1 Å². The zero-order valence-electron chi connectivity index (χ0n) is 18.5. The molecule has 3 rings (SSSR count). The van der Waals surface area contributed by atoms with E-state index in [-0.39, 0.29) is 24.5 Å². The number of rotatable bonds is 11. The lowest BCUT2D eigenvalue weighted by Crippen LogP contribution is -2.45. The molecule has 32 heavy (non-hydrogen) atoms. The molecule has 1 saturated heterocycles. The van der Waals surface area contributed by atoms with Crippen molar-refractivity contribution in [3.05, 3.63) is 54.4 Å². The number of hydrogen-bond donors (Lipinski definition) is 1. The first-order chi connectivity index (χ1) is 15.7. The Morgan fingerprint density at radius 2 is 1.91 bits per heavy atom. The van der Waals surface area contributed by atoms with Crippen LogP contribution >= 0.6 is 0 Å². The van der Waals surface area contributed by atoms with Crippen molar-refractivity contribution >= 4 is 11.9 Å². The van der Waals surface area contributed by atoms with Crippen LogP contribution in [0.5, 0.6) is 11.5 Å². The summed E-state index contributed by atoms with van der Waals surface area (Å²) in [5.41, 5.74) is 1.05. The Morgan fingerprint density at radius 3 is 2.62 bits per heavy atom. The van der Waals surface area contributed by atoms with Crippen LogP contribution in [0.3, 0.4) is 0 Å². The molecule has 0 spiro atoms. The second-order valence-corrected chi connectivity index (χ2v) is 7.55. The third-order valence-corrected chi connectivity index (χ3v) is 5.17. The van der Waals surface area contributed by atoms with E-state index in [4.69, 9.17) is 14.2 Å². The number of pyridine rings is 1. The number of likely N-dealkylation sites (tertiary alicyclic amines) is 1. The second-order valence-electron chi connectivity index (χ2n) is 7.55. The molecule has 0 bridgehead atoms. The van der Waals surface area contributed by atoms with Crippen molar-refractivity contribution in [1.29, 1.82) is 0 Å². The van der Waals surface area contributed by atoms with Gasteiger partial charge < -0.3 is 19.5 Å². The molecule has 8 nitrogen and oxygen atoms in total. The normalized spacial score (nSPS) is 16.2. The number of esters is 1. The highest BCUT2D eigenvalue weighted by molar-refractivity contribution is 5.82. The summed E-state index contributed by atoms with van der Waals surface area (Å²) in [6.07, 6.45) is 6.28. The minimum absolute atomic E-state index is 0.293. The van der Waals surface area contributed by atoms with Gasteiger partial charge >= 0.3 is 5.97 Å². The Labute approximate surface area is 188 Å². The maximum Gasteiger partial charge on any atom is 0.323 e.